The largest absolute Gasteiger partial charge is 0.366 e. The van der Waals surface area contributed by atoms with Gasteiger partial charge in [-0.05, 0) is 24.6 Å². The summed E-state index contributed by atoms with van der Waals surface area (Å²) in [6.45, 7) is 4.12. The zero-order valence-corrected chi connectivity index (χ0v) is 16.4. The van der Waals surface area contributed by atoms with Crippen LogP contribution in [0.2, 0.25) is 0 Å². The van der Waals surface area contributed by atoms with Gasteiger partial charge < -0.3 is 9.80 Å². The van der Waals surface area contributed by atoms with Crippen molar-refractivity contribution in [2.45, 2.75) is 13.3 Å². The maximum Gasteiger partial charge on any atom is 0.257 e. The summed E-state index contributed by atoms with van der Waals surface area (Å²) in [5.74, 6) is 0.405. The van der Waals surface area contributed by atoms with Crippen LogP contribution in [-0.4, -0.2) is 47.0 Å². The molecule has 1 amide bonds. The number of hydrogen-bond donors (Lipinski definition) is 0. The van der Waals surface area contributed by atoms with E-state index in [9.17, 15) is 9.18 Å². The van der Waals surface area contributed by atoms with Gasteiger partial charge >= 0.3 is 0 Å². The molecule has 1 fully saturated rings. The van der Waals surface area contributed by atoms with Crippen LogP contribution in [0.1, 0.15) is 27.4 Å². The Labute approximate surface area is 169 Å². The van der Waals surface area contributed by atoms with Gasteiger partial charge in [-0.3, -0.25) is 4.79 Å². The van der Waals surface area contributed by atoms with E-state index in [0.717, 1.165) is 5.56 Å². The first-order chi connectivity index (χ1) is 14.1. The van der Waals surface area contributed by atoms with E-state index in [0.29, 0.717) is 55.4 Å². The lowest BCUT2D eigenvalue weighted by molar-refractivity contribution is 0.0745. The Bertz CT molecular complexity index is 1000. The summed E-state index contributed by atoms with van der Waals surface area (Å²) < 4.78 is 14.0. The van der Waals surface area contributed by atoms with E-state index < -0.39 is 0 Å². The van der Waals surface area contributed by atoms with Crippen molar-refractivity contribution < 1.29 is 9.18 Å². The molecule has 5 nitrogen and oxygen atoms in total. The van der Waals surface area contributed by atoms with E-state index in [1.165, 1.54) is 6.07 Å². The Kier molecular flexibility index (Phi) is 5.51. The molecule has 1 aromatic heterocycles. The topological polar surface area (TPSA) is 49.3 Å². The number of nitrogens with zero attached hydrogens (tertiary/aromatic N) is 4. The molecular weight excluding hydrogens is 367 g/mol. The molecule has 1 saturated heterocycles. The number of para-hydroxylation sites is 1. The average Bonchev–Trinajstić information content (AvgIpc) is 2.75. The molecule has 0 atom stereocenters. The van der Waals surface area contributed by atoms with Crippen LogP contribution >= 0.6 is 0 Å². The summed E-state index contributed by atoms with van der Waals surface area (Å²) in [5, 5.41) is 0. The number of aryl methyl sites for hydroxylation is 1. The lowest BCUT2D eigenvalue weighted by Crippen LogP contribution is -2.49. The Morgan fingerprint density at radius 1 is 1.00 bits per heavy atom. The van der Waals surface area contributed by atoms with Crippen LogP contribution in [0.25, 0.3) is 0 Å². The molecule has 0 N–H and O–H groups in total. The van der Waals surface area contributed by atoms with Crippen LogP contribution < -0.4 is 4.90 Å². The number of amides is 1. The van der Waals surface area contributed by atoms with E-state index in [2.05, 4.69) is 9.97 Å². The third-order valence-corrected chi connectivity index (χ3v) is 5.22. The van der Waals surface area contributed by atoms with Crippen molar-refractivity contribution in [1.29, 1.82) is 0 Å². The molecule has 0 aliphatic carbocycles. The van der Waals surface area contributed by atoms with Crippen molar-refractivity contribution >= 4 is 11.6 Å². The van der Waals surface area contributed by atoms with Crippen molar-refractivity contribution in [3.05, 3.63) is 89.3 Å². The second-order valence-corrected chi connectivity index (χ2v) is 7.18. The average molecular weight is 390 g/mol. The molecule has 6 heteroatoms. The molecule has 0 saturated carbocycles. The maximum atomic E-state index is 14.0. The highest BCUT2D eigenvalue weighted by atomic mass is 19.1. The highest BCUT2D eigenvalue weighted by Gasteiger charge is 2.25. The molecule has 0 radical (unpaired) electrons. The Balaban J connectivity index is 1.42. The fraction of sp³-hybridized carbons (Fsp3) is 0.261. The summed E-state index contributed by atoms with van der Waals surface area (Å²) in [5.41, 5.74) is 2.94. The van der Waals surface area contributed by atoms with Crippen molar-refractivity contribution in [2.24, 2.45) is 0 Å². The number of carbonyl (C=O) groups excluding carboxylic acids is 1. The normalized spacial score (nSPS) is 14.1. The van der Waals surface area contributed by atoms with Crippen LogP contribution in [0.3, 0.4) is 0 Å². The van der Waals surface area contributed by atoms with E-state index in [1.54, 1.807) is 23.2 Å². The van der Waals surface area contributed by atoms with Gasteiger partial charge in [-0.25, -0.2) is 14.4 Å². The minimum absolute atomic E-state index is 0.0676. The van der Waals surface area contributed by atoms with Gasteiger partial charge in [0.15, 0.2) is 0 Å². The van der Waals surface area contributed by atoms with Gasteiger partial charge in [0.2, 0.25) is 0 Å². The molecule has 29 heavy (non-hydrogen) atoms. The van der Waals surface area contributed by atoms with Crippen LogP contribution in [-0.2, 0) is 6.42 Å². The summed E-state index contributed by atoms with van der Waals surface area (Å²) in [4.78, 5) is 25.7. The number of carbonyl (C=O) groups is 1. The van der Waals surface area contributed by atoms with Gasteiger partial charge in [0.25, 0.3) is 5.91 Å². The van der Waals surface area contributed by atoms with Crippen molar-refractivity contribution in [2.75, 3.05) is 31.1 Å². The Morgan fingerprint density at radius 2 is 1.69 bits per heavy atom. The van der Waals surface area contributed by atoms with Gasteiger partial charge in [0, 0.05) is 38.8 Å². The van der Waals surface area contributed by atoms with Crippen LogP contribution in [0.15, 0.2) is 60.8 Å². The predicted molar refractivity (Wildman–Crippen MR) is 111 cm³/mol. The molecule has 0 spiro atoms. The summed E-state index contributed by atoms with van der Waals surface area (Å²) >= 11 is 0. The first-order valence-corrected chi connectivity index (χ1v) is 9.77. The molecule has 148 valence electrons. The highest BCUT2D eigenvalue weighted by Crippen LogP contribution is 2.21. The Morgan fingerprint density at radius 3 is 2.38 bits per heavy atom. The second-order valence-electron chi connectivity index (χ2n) is 7.18. The fourth-order valence-electron chi connectivity index (χ4n) is 3.62. The molecule has 2 heterocycles. The van der Waals surface area contributed by atoms with E-state index in [-0.39, 0.29) is 11.7 Å². The lowest BCUT2D eigenvalue weighted by Gasteiger charge is -2.36. The summed E-state index contributed by atoms with van der Waals surface area (Å²) in [6.07, 6.45) is 2.27. The van der Waals surface area contributed by atoms with Gasteiger partial charge in [-0.15, -0.1) is 0 Å². The third-order valence-electron chi connectivity index (χ3n) is 5.22. The molecule has 2 aromatic carbocycles. The Hall–Kier alpha value is -3.28. The van der Waals surface area contributed by atoms with Crippen molar-refractivity contribution in [1.82, 2.24) is 14.9 Å². The first-order valence-electron chi connectivity index (χ1n) is 9.77. The number of anilines is 1. The van der Waals surface area contributed by atoms with E-state index in [1.807, 2.05) is 48.2 Å². The zero-order valence-electron chi connectivity index (χ0n) is 16.4. The summed E-state index contributed by atoms with van der Waals surface area (Å²) in [7, 11) is 0. The number of aromatic nitrogens is 2. The molecule has 1 aliphatic heterocycles. The van der Waals surface area contributed by atoms with Crippen LogP contribution in [0.4, 0.5) is 10.1 Å². The van der Waals surface area contributed by atoms with Crippen molar-refractivity contribution in [3.8, 4) is 0 Å². The minimum Gasteiger partial charge on any atom is -0.366 e. The summed E-state index contributed by atoms with van der Waals surface area (Å²) in [6, 6.07) is 16.8. The highest BCUT2D eigenvalue weighted by molar-refractivity contribution is 5.95. The predicted octanol–water partition coefficient (Wildman–Crippen LogP) is 3.48. The molecule has 3 aromatic rings. The van der Waals surface area contributed by atoms with Crippen LogP contribution in [0.5, 0.6) is 0 Å². The van der Waals surface area contributed by atoms with Gasteiger partial charge in [0.05, 0.1) is 16.9 Å². The number of rotatable bonds is 4. The quantitative estimate of drug-likeness (QED) is 0.684. The van der Waals surface area contributed by atoms with E-state index in [4.69, 9.17) is 0 Å². The van der Waals surface area contributed by atoms with Crippen molar-refractivity contribution in [3.63, 3.8) is 0 Å². The van der Waals surface area contributed by atoms with Gasteiger partial charge in [-0.2, -0.15) is 0 Å². The van der Waals surface area contributed by atoms with Gasteiger partial charge in [0.1, 0.15) is 11.6 Å². The fourth-order valence-corrected chi connectivity index (χ4v) is 3.62. The first kappa shape index (κ1) is 19.1. The SMILES string of the molecule is Cc1nc(Cc2ccccc2)ncc1C(=O)N1CCN(c2ccccc2F)CC1. The second kappa shape index (κ2) is 8.39. The molecular formula is C23H23FN4O. The monoisotopic (exact) mass is 390 g/mol. The number of halogens is 1. The molecule has 4 rings (SSSR count). The van der Waals surface area contributed by atoms with E-state index >= 15 is 0 Å². The smallest absolute Gasteiger partial charge is 0.257 e. The number of piperazine rings is 1. The lowest BCUT2D eigenvalue weighted by atomic mass is 10.1. The maximum absolute atomic E-state index is 14.0. The molecule has 0 bridgehead atoms. The third kappa shape index (κ3) is 4.26. The zero-order chi connectivity index (χ0) is 20.2. The molecule has 0 unspecified atom stereocenters. The molecule has 1 aliphatic rings. The van der Waals surface area contributed by atoms with Crippen LogP contribution in [0, 0.1) is 12.7 Å². The standard InChI is InChI=1S/C23H23FN4O/c1-17-19(16-25-22(26-17)15-18-7-3-2-4-8-18)23(29)28-13-11-27(12-14-28)21-10-6-5-9-20(21)24/h2-10,16H,11-15H2,1H3. The number of benzene rings is 2. The van der Waals surface area contributed by atoms with Gasteiger partial charge in [-0.1, -0.05) is 42.5 Å². The number of hydrogen-bond acceptors (Lipinski definition) is 4. The minimum atomic E-state index is -0.231.